The lowest BCUT2D eigenvalue weighted by atomic mass is 9.74. The summed E-state index contributed by atoms with van der Waals surface area (Å²) in [5, 5.41) is 0. The van der Waals surface area contributed by atoms with Crippen molar-refractivity contribution in [2.75, 3.05) is 0 Å². The van der Waals surface area contributed by atoms with E-state index in [1.165, 1.54) is 11.1 Å². The van der Waals surface area contributed by atoms with E-state index in [1.807, 2.05) is 24.3 Å². The molecule has 1 aliphatic rings. The van der Waals surface area contributed by atoms with Crippen LogP contribution in [0, 0.1) is 0 Å². The molecule has 1 atom stereocenters. The number of fused-ring (bicyclic) bond motifs is 1. The molecule has 0 radical (unpaired) electrons. The SMILES string of the molecule is O=C(CC1Cc2ccccc21)c1cccc(Br)c1. The first-order valence-electron chi connectivity index (χ1n) is 6.10. The Hall–Kier alpha value is -1.41. The Morgan fingerprint density at radius 2 is 2.00 bits per heavy atom. The minimum absolute atomic E-state index is 0.232. The molecule has 0 saturated heterocycles. The zero-order chi connectivity index (χ0) is 12.5. The van der Waals surface area contributed by atoms with Gasteiger partial charge in [-0.1, -0.05) is 52.3 Å². The molecule has 0 aliphatic heterocycles. The van der Waals surface area contributed by atoms with Crippen LogP contribution in [-0.4, -0.2) is 5.78 Å². The molecule has 2 aromatic carbocycles. The monoisotopic (exact) mass is 300 g/mol. The molecule has 2 heteroatoms. The molecule has 0 spiro atoms. The molecule has 0 heterocycles. The van der Waals surface area contributed by atoms with E-state index >= 15 is 0 Å². The van der Waals surface area contributed by atoms with E-state index in [9.17, 15) is 4.79 Å². The third kappa shape index (κ3) is 2.13. The Morgan fingerprint density at radius 3 is 2.78 bits per heavy atom. The van der Waals surface area contributed by atoms with E-state index in [0.717, 1.165) is 16.5 Å². The summed E-state index contributed by atoms with van der Waals surface area (Å²) >= 11 is 3.40. The zero-order valence-corrected chi connectivity index (χ0v) is 11.5. The van der Waals surface area contributed by atoms with Gasteiger partial charge in [0, 0.05) is 16.5 Å². The van der Waals surface area contributed by atoms with Gasteiger partial charge in [0.15, 0.2) is 5.78 Å². The average Bonchev–Trinajstić information content (AvgIpc) is 2.36. The van der Waals surface area contributed by atoms with Crippen molar-refractivity contribution in [3.05, 3.63) is 69.7 Å². The predicted molar refractivity (Wildman–Crippen MR) is 76.0 cm³/mol. The number of Topliss-reactive ketones (excluding diaryl/α,β-unsaturated/α-hetero) is 1. The maximum absolute atomic E-state index is 12.2. The van der Waals surface area contributed by atoms with Gasteiger partial charge in [-0.15, -0.1) is 0 Å². The minimum atomic E-state index is 0.232. The molecule has 1 aliphatic carbocycles. The summed E-state index contributed by atoms with van der Waals surface area (Å²) in [6, 6.07) is 16.0. The summed E-state index contributed by atoms with van der Waals surface area (Å²) in [5.74, 6) is 0.642. The quantitative estimate of drug-likeness (QED) is 0.770. The smallest absolute Gasteiger partial charge is 0.163 e. The Labute approximate surface area is 115 Å². The fraction of sp³-hybridized carbons (Fsp3) is 0.188. The normalized spacial score (nSPS) is 16.8. The highest BCUT2D eigenvalue weighted by Gasteiger charge is 2.27. The van der Waals surface area contributed by atoms with Crippen LogP contribution in [0.4, 0.5) is 0 Å². The van der Waals surface area contributed by atoms with Gasteiger partial charge in [0.05, 0.1) is 0 Å². The number of carbonyl (C=O) groups is 1. The fourth-order valence-electron chi connectivity index (χ4n) is 2.55. The first kappa shape index (κ1) is 11.7. The zero-order valence-electron chi connectivity index (χ0n) is 9.90. The molecule has 0 amide bonds. The first-order chi connectivity index (χ1) is 8.74. The minimum Gasteiger partial charge on any atom is -0.294 e. The van der Waals surface area contributed by atoms with Gasteiger partial charge < -0.3 is 0 Å². The van der Waals surface area contributed by atoms with E-state index in [4.69, 9.17) is 0 Å². The molecule has 0 N–H and O–H groups in total. The predicted octanol–water partition coefficient (Wildman–Crippen LogP) is 4.36. The molecule has 0 aromatic heterocycles. The maximum Gasteiger partial charge on any atom is 0.163 e. The van der Waals surface area contributed by atoms with Crippen LogP contribution in [0.1, 0.15) is 33.8 Å². The van der Waals surface area contributed by atoms with Gasteiger partial charge in [-0.3, -0.25) is 4.79 Å². The van der Waals surface area contributed by atoms with Gasteiger partial charge >= 0.3 is 0 Å². The lowest BCUT2D eigenvalue weighted by Crippen LogP contribution is -2.20. The van der Waals surface area contributed by atoms with Crippen LogP contribution in [0.15, 0.2) is 53.0 Å². The van der Waals surface area contributed by atoms with Crippen molar-refractivity contribution in [2.24, 2.45) is 0 Å². The van der Waals surface area contributed by atoms with Gasteiger partial charge in [0.2, 0.25) is 0 Å². The van der Waals surface area contributed by atoms with Crippen molar-refractivity contribution >= 4 is 21.7 Å². The summed E-state index contributed by atoms with van der Waals surface area (Å²) in [4.78, 5) is 12.2. The standard InChI is InChI=1S/C16H13BrO/c17-14-6-3-5-12(9-14)16(18)10-13-8-11-4-1-2-7-15(11)13/h1-7,9,13H,8,10H2. The van der Waals surface area contributed by atoms with E-state index in [0.29, 0.717) is 12.3 Å². The molecule has 0 fully saturated rings. The third-order valence-electron chi connectivity index (χ3n) is 3.54. The molecule has 0 bridgehead atoms. The molecule has 3 rings (SSSR count). The lowest BCUT2D eigenvalue weighted by Gasteiger charge is -2.29. The number of halogens is 1. The number of ketones is 1. The highest BCUT2D eigenvalue weighted by atomic mass is 79.9. The van der Waals surface area contributed by atoms with Crippen LogP contribution in [0.3, 0.4) is 0 Å². The van der Waals surface area contributed by atoms with Crippen LogP contribution in [0.25, 0.3) is 0 Å². The van der Waals surface area contributed by atoms with E-state index in [1.54, 1.807) is 0 Å². The topological polar surface area (TPSA) is 17.1 Å². The Kier molecular flexibility index (Phi) is 3.04. The summed E-state index contributed by atoms with van der Waals surface area (Å²) in [7, 11) is 0. The van der Waals surface area contributed by atoms with Crippen LogP contribution in [0.5, 0.6) is 0 Å². The van der Waals surface area contributed by atoms with Crippen molar-refractivity contribution in [3.8, 4) is 0 Å². The summed E-state index contributed by atoms with van der Waals surface area (Å²) < 4.78 is 0.961. The highest BCUT2D eigenvalue weighted by Crippen LogP contribution is 2.37. The number of hydrogen-bond donors (Lipinski definition) is 0. The number of hydrogen-bond acceptors (Lipinski definition) is 1. The number of benzene rings is 2. The number of rotatable bonds is 3. The molecule has 1 nitrogen and oxygen atoms in total. The van der Waals surface area contributed by atoms with Crippen molar-refractivity contribution in [1.29, 1.82) is 0 Å². The Bertz CT molecular complexity index is 604. The second kappa shape index (κ2) is 4.69. The number of carbonyl (C=O) groups excluding carboxylic acids is 1. The fourth-order valence-corrected chi connectivity index (χ4v) is 2.95. The van der Waals surface area contributed by atoms with Gasteiger partial charge in [-0.25, -0.2) is 0 Å². The van der Waals surface area contributed by atoms with Gasteiger partial charge in [-0.2, -0.15) is 0 Å². The lowest BCUT2D eigenvalue weighted by molar-refractivity contribution is 0.0970. The molecular formula is C16H13BrO. The first-order valence-corrected chi connectivity index (χ1v) is 6.90. The van der Waals surface area contributed by atoms with Crippen LogP contribution in [-0.2, 0) is 6.42 Å². The van der Waals surface area contributed by atoms with Gasteiger partial charge in [0.1, 0.15) is 0 Å². The summed E-state index contributed by atoms with van der Waals surface area (Å²) in [6.45, 7) is 0. The van der Waals surface area contributed by atoms with Crippen molar-refractivity contribution in [2.45, 2.75) is 18.8 Å². The van der Waals surface area contributed by atoms with Crippen LogP contribution < -0.4 is 0 Å². The van der Waals surface area contributed by atoms with Crippen LogP contribution >= 0.6 is 15.9 Å². The second-order valence-corrected chi connectivity index (χ2v) is 5.65. The van der Waals surface area contributed by atoms with Gasteiger partial charge in [0.25, 0.3) is 0 Å². The molecule has 1 unspecified atom stereocenters. The van der Waals surface area contributed by atoms with Gasteiger partial charge in [-0.05, 0) is 35.6 Å². The second-order valence-electron chi connectivity index (χ2n) is 4.74. The molecular weight excluding hydrogens is 288 g/mol. The molecule has 18 heavy (non-hydrogen) atoms. The van der Waals surface area contributed by atoms with E-state index < -0.39 is 0 Å². The highest BCUT2D eigenvalue weighted by molar-refractivity contribution is 9.10. The largest absolute Gasteiger partial charge is 0.294 e. The van der Waals surface area contributed by atoms with Crippen molar-refractivity contribution in [1.82, 2.24) is 0 Å². The Balaban J connectivity index is 1.74. The summed E-state index contributed by atoms with van der Waals surface area (Å²) in [6.07, 6.45) is 1.66. The molecule has 2 aromatic rings. The van der Waals surface area contributed by atoms with Crippen LogP contribution in [0.2, 0.25) is 0 Å². The van der Waals surface area contributed by atoms with E-state index in [2.05, 4.69) is 40.2 Å². The van der Waals surface area contributed by atoms with Crippen molar-refractivity contribution in [3.63, 3.8) is 0 Å². The maximum atomic E-state index is 12.2. The van der Waals surface area contributed by atoms with E-state index in [-0.39, 0.29) is 5.78 Å². The van der Waals surface area contributed by atoms with Crippen molar-refractivity contribution < 1.29 is 4.79 Å². The average molecular weight is 301 g/mol. The molecule has 90 valence electrons. The molecule has 0 saturated carbocycles. The Morgan fingerprint density at radius 1 is 1.17 bits per heavy atom. The third-order valence-corrected chi connectivity index (χ3v) is 4.03. The summed E-state index contributed by atoms with van der Waals surface area (Å²) in [5.41, 5.74) is 3.54.